The first-order valence-corrected chi connectivity index (χ1v) is 5.88. The number of benzene rings is 1. The van der Waals surface area contributed by atoms with Crippen LogP contribution in [0.2, 0.25) is 0 Å². The van der Waals surface area contributed by atoms with Gasteiger partial charge in [-0.15, -0.1) is 0 Å². The molecule has 0 aliphatic rings. The van der Waals surface area contributed by atoms with Gasteiger partial charge in [-0.2, -0.15) is 0 Å². The van der Waals surface area contributed by atoms with Crippen LogP contribution in [0.15, 0.2) is 24.3 Å². The van der Waals surface area contributed by atoms with Crippen molar-refractivity contribution in [3.8, 4) is 0 Å². The van der Waals surface area contributed by atoms with Crippen LogP contribution in [-0.4, -0.2) is 3.71 Å². The van der Waals surface area contributed by atoms with E-state index in [0.29, 0.717) is 0 Å². The molecule has 0 heterocycles. The van der Waals surface area contributed by atoms with Gasteiger partial charge in [0.05, 0.1) is 0 Å². The molecule has 0 atom stereocenters. The van der Waals surface area contributed by atoms with E-state index in [2.05, 4.69) is 34.9 Å². The molecule has 0 aliphatic carbocycles. The Hall–Kier alpha value is -0.0269. The number of unbranched alkanes of at least 4 members (excludes halogenated alkanes) is 1. The standard InChI is InChI=1S/C11H14.Zr/c1-3-4-5-11-8-6-10(2)7-9-11;/h2,6-9H,3-5H2,1H3;/q;+2. The molecule has 0 N–H and O–H groups in total. The van der Waals surface area contributed by atoms with Gasteiger partial charge in [-0.3, -0.25) is 0 Å². The van der Waals surface area contributed by atoms with Gasteiger partial charge in [0.2, 0.25) is 0 Å². The predicted molar refractivity (Wildman–Crippen MR) is 50.2 cm³/mol. The van der Waals surface area contributed by atoms with Crippen molar-refractivity contribution in [1.29, 1.82) is 0 Å². The fraction of sp³-hybridized carbons (Fsp3) is 0.364. The maximum atomic E-state index is 2.24. The van der Waals surface area contributed by atoms with Gasteiger partial charge in [-0.05, 0) is 0 Å². The van der Waals surface area contributed by atoms with Crippen molar-refractivity contribution >= 4 is 3.71 Å². The first-order chi connectivity index (χ1) is 5.86. The van der Waals surface area contributed by atoms with Crippen LogP contribution in [0.3, 0.4) is 0 Å². The van der Waals surface area contributed by atoms with Gasteiger partial charge >= 0.3 is 89.5 Å². The molecule has 0 aromatic heterocycles. The van der Waals surface area contributed by atoms with Crippen LogP contribution in [0.1, 0.15) is 30.9 Å². The molecule has 1 aromatic rings. The number of rotatable bonds is 4. The Labute approximate surface area is 89.3 Å². The Bertz CT molecular complexity index is 236. The van der Waals surface area contributed by atoms with Gasteiger partial charge in [0, 0.05) is 0 Å². The summed E-state index contributed by atoms with van der Waals surface area (Å²) in [5.74, 6) is 0. The van der Waals surface area contributed by atoms with Crippen molar-refractivity contribution in [3.63, 3.8) is 0 Å². The van der Waals surface area contributed by atoms with Gasteiger partial charge in [-0.1, -0.05) is 0 Å². The summed E-state index contributed by atoms with van der Waals surface area (Å²) in [4.78, 5) is 0. The Morgan fingerprint density at radius 3 is 2.42 bits per heavy atom. The second kappa shape index (κ2) is 5.59. The van der Waals surface area contributed by atoms with E-state index < -0.39 is 0 Å². The van der Waals surface area contributed by atoms with E-state index in [0.717, 1.165) is 0 Å². The summed E-state index contributed by atoms with van der Waals surface area (Å²) in [5.41, 5.74) is 2.83. The molecular formula is C11H14Zr+2. The summed E-state index contributed by atoms with van der Waals surface area (Å²) in [7, 11) is 0. The SMILES string of the molecule is CCCCc1ccc([CH]=[Zr+2])cc1. The van der Waals surface area contributed by atoms with E-state index >= 15 is 0 Å². The molecule has 1 aromatic carbocycles. The zero-order chi connectivity index (χ0) is 8.81. The van der Waals surface area contributed by atoms with Crippen molar-refractivity contribution < 1.29 is 24.2 Å². The van der Waals surface area contributed by atoms with Gasteiger partial charge in [0.1, 0.15) is 0 Å². The third-order valence-corrected chi connectivity index (χ3v) is 2.78. The van der Waals surface area contributed by atoms with Crippen LogP contribution >= 0.6 is 0 Å². The molecule has 0 aliphatic heterocycles. The topological polar surface area (TPSA) is 0 Å². The average Bonchev–Trinajstić information content (AvgIpc) is 2.15. The van der Waals surface area contributed by atoms with E-state index in [1.807, 2.05) is 0 Å². The molecule has 0 unspecified atom stereocenters. The van der Waals surface area contributed by atoms with Crippen molar-refractivity contribution in [2.45, 2.75) is 26.2 Å². The average molecular weight is 237 g/mol. The molecular weight excluding hydrogens is 223 g/mol. The molecule has 60 valence electrons. The minimum absolute atomic E-state index is 1.23. The van der Waals surface area contributed by atoms with Gasteiger partial charge < -0.3 is 0 Å². The molecule has 0 saturated carbocycles. The van der Waals surface area contributed by atoms with E-state index in [9.17, 15) is 0 Å². The summed E-state index contributed by atoms with van der Waals surface area (Å²) in [6.45, 7) is 2.23. The molecule has 0 amide bonds. The third-order valence-electron chi connectivity index (χ3n) is 1.97. The van der Waals surface area contributed by atoms with Crippen LogP contribution in [0.25, 0.3) is 0 Å². The zero-order valence-electron chi connectivity index (χ0n) is 7.51. The summed E-state index contributed by atoms with van der Waals surface area (Å²) in [5, 5.41) is 0. The summed E-state index contributed by atoms with van der Waals surface area (Å²) >= 11 is 1.48. The summed E-state index contributed by atoms with van der Waals surface area (Å²) in [6.07, 6.45) is 3.82. The molecule has 1 rings (SSSR count). The van der Waals surface area contributed by atoms with E-state index in [-0.39, 0.29) is 0 Å². The normalized spacial score (nSPS) is 9.92. The molecule has 0 fully saturated rings. The van der Waals surface area contributed by atoms with Crippen LogP contribution in [0.4, 0.5) is 0 Å². The Morgan fingerprint density at radius 1 is 1.25 bits per heavy atom. The van der Waals surface area contributed by atoms with Crippen molar-refractivity contribution in [2.75, 3.05) is 0 Å². The van der Waals surface area contributed by atoms with Gasteiger partial charge in [-0.25, -0.2) is 0 Å². The van der Waals surface area contributed by atoms with Crippen LogP contribution in [0.5, 0.6) is 0 Å². The quantitative estimate of drug-likeness (QED) is 0.755. The van der Waals surface area contributed by atoms with E-state index in [1.165, 1.54) is 54.6 Å². The molecule has 12 heavy (non-hydrogen) atoms. The molecule has 0 radical (unpaired) electrons. The summed E-state index contributed by atoms with van der Waals surface area (Å²) in [6, 6.07) is 8.90. The van der Waals surface area contributed by atoms with Gasteiger partial charge in [0.25, 0.3) is 0 Å². The van der Waals surface area contributed by atoms with E-state index in [1.54, 1.807) is 0 Å². The van der Waals surface area contributed by atoms with Crippen molar-refractivity contribution in [1.82, 2.24) is 0 Å². The minimum atomic E-state index is 1.23. The van der Waals surface area contributed by atoms with E-state index in [4.69, 9.17) is 0 Å². The monoisotopic (exact) mass is 236 g/mol. The Balaban J connectivity index is 2.58. The molecule has 0 bridgehead atoms. The fourth-order valence-corrected chi connectivity index (χ4v) is 1.63. The summed E-state index contributed by atoms with van der Waals surface area (Å²) < 4.78 is 2.22. The first kappa shape index (κ1) is 10.1. The predicted octanol–water partition coefficient (Wildman–Crippen LogP) is 2.73. The van der Waals surface area contributed by atoms with Crippen LogP contribution in [0, 0.1) is 0 Å². The molecule has 0 saturated heterocycles. The maximum absolute atomic E-state index is 2.24. The Morgan fingerprint density at radius 2 is 1.92 bits per heavy atom. The number of aryl methyl sites for hydroxylation is 1. The number of hydrogen-bond donors (Lipinski definition) is 0. The Kier molecular flexibility index (Phi) is 4.68. The van der Waals surface area contributed by atoms with Crippen LogP contribution in [-0.2, 0) is 30.7 Å². The van der Waals surface area contributed by atoms with Crippen LogP contribution < -0.4 is 0 Å². The number of hydrogen-bond acceptors (Lipinski definition) is 0. The zero-order valence-corrected chi connectivity index (χ0v) is 9.97. The molecule has 1 heteroatoms. The second-order valence-electron chi connectivity index (χ2n) is 2.99. The fourth-order valence-electron chi connectivity index (χ4n) is 1.16. The molecule has 0 nitrogen and oxygen atoms in total. The third kappa shape index (κ3) is 3.15. The van der Waals surface area contributed by atoms with Gasteiger partial charge in [0.15, 0.2) is 0 Å². The molecule has 0 spiro atoms. The van der Waals surface area contributed by atoms with Crippen molar-refractivity contribution in [3.05, 3.63) is 35.4 Å². The second-order valence-corrected chi connectivity index (χ2v) is 3.70. The first-order valence-electron chi connectivity index (χ1n) is 4.46. The van der Waals surface area contributed by atoms with Crippen molar-refractivity contribution in [2.24, 2.45) is 0 Å².